The molecule has 0 bridgehead atoms. The number of benzene rings is 1. The van der Waals surface area contributed by atoms with E-state index in [0.29, 0.717) is 15.6 Å². The van der Waals surface area contributed by atoms with Gasteiger partial charge in [0.1, 0.15) is 10.9 Å². The Morgan fingerprint density at radius 3 is 2.77 bits per heavy atom. The van der Waals surface area contributed by atoms with Gasteiger partial charge in [-0.1, -0.05) is 42.2 Å². The van der Waals surface area contributed by atoms with Gasteiger partial charge in [-0.25, -0.2) is 0 Å². The zero-order valence-electron chi connectivity index (χ0n) is 11.9. The number of hydrogen-bond acceptors (Lipinski definition) is 5. The number of hydrogen-bond donors (Lipinski definition) is 1. The van der Waals surface area contributed by atoms with E-state index in [0.717, 1.165) is 22.8 Å². The summed E-state index contributed by atoms with van der Waals surface area (Å²) in [6.45, 7) is 2.38. The molecule has 1 amide bonds. The van der Waals surface area contributed by atoms with E-state index >= 15 is 0 Å². The van der Waals surface area contributed by atoms with Crippen LogP contribution in [-0.4, -0.2) is 39.3 Å². The molecule has 0 radical (unpaired) electrons. The molecule has 7 heteroatoms. The van der Waals surface area contributed by atoms with Gasteiger partial charge in [0.2, 0.25) is 0 Å². The minimum atomic E-state index is -1.07. The van der Waals surface area contributed by atoms with Crippen LogP contribution in [0.15, 0.2) is 34.9 Å². The van der Waals surface area contributed by atoms with Gasteiger partial charge < -0.3 is 10.0 Å². The molecule has 114 valence electrons. The van der Waals surface area contributed by atoms with Gasteiger partial charge >= 0.3 is 5.97 Å². The number of rotatable bonds is 3. The third kappa shape index (κ3) is 2.40. The molecule has 5 nitrogen and oxygen atoms in total. The third-order valence-electron chi connectivity index (χ3n) is 3.69. The van der Waals surface area contributed by atoms with Crippen LogP contribution in [0.25, 0.3) is 0 Å². The number of nitrogens with zero attached hydrogens (tertiary/aromatic N) is 2. The first-order chi connectivity index (χ1) is 10.5. The summed E-state index contributed by atoms with van der Waals surface area (Å²) in [7, 11) is 0. The minimum absolute atomic E-state index is 0.307. The Morgan fingerprint density at radius 1 is 1.36 bits per heavy atom. The Labute approximate surface area is 137 Å². The van der Waals surface area contributed by atoms with Crippen LogP contribution in [0.4, 0.5) is 5.69 Å². The molecule has 22 heavy (non-hydrogen) atoms. The zero-order chi connectivity index (χ0) is 15.9. The van der Waals surface area contributed by atoms with E-state index in [1.54, 1.807) is 0 Å². The van der Waals surface area contributed by atoms with Crippen molar-refractivity contribution in [3.8, 4) is 0 Å². The minimum Gasteiger partial charge on any atom is -0.480 e. The molecule has 0 atom stereocenters. The van der Waals surface area contributed by atoms with E-state index in [4.69, 9.17) is 17.3 Å². The molecule has 1 saturated heterocycles. The molecule has 1 N–H and O–H groups in total. The molecule has 2 aliphatic heterocycles. The summed E-state index contributed by atoms with van der Waals surface area (Å²) >= 11 is 6.36. The summed E-state index contributed by atoms with van der Waals surface area (Å²) in [5.74, 6) is -1.37. The highest BCUT2D eigenvalue weighted by Gasteiger charge is 2.38. The maximum atomic E-state index is 12.5. The van der Waals surface area contributed by atoms with E-state index in [2.05, 4.69) is 4.90 Å². The summed E-state index contributed by atoms with van der Waals surface area (Å²) in [6, 6.07) is 8.03. The maximum absolute atomic E-state index is 12.5. The van der Waals surface area contributed by atoms with Gasteiger partial charge in [0.25, 0.3) is 5.91 Å². The number of thiocarbonyl (C=S) groups is 1. The normalized spacial score (nSPS) is 20.8. The summed E-state index contributed by atoms with van der Waals surface area (Å²) < 4.78 is 0.307. The third-order valence-corrected chi connectivity index (χ3v) is 5.17. The van der Waals surface area contributed by atoms with Crippen LogP contribution in [0.2, 0.25) is 0 Å². The number of carbonyl (C=O) groups excluding carboxylic acids is 1. The first kappa shape index (κ1) is 15.1. The second-order valence-electron chi connectivity index (χ2n) is 4.98. The number of para-hydroxylation sites is 1. The molecule has 3 rings (SSSR count). The van der Waals surface area contributed by atoms with E-state index < -0.39 is 5.97 Å². The monoisotopic (exact) mass is 334 g/mol. The average Bonchev–Trinajstić information content (AvgIpc) is 2.98. The molecule has 0 spiro atoms. The van der Waals surface area contributed by atoms with Gasteiger partial charge in [-0.3, -0.25) is 14.5 Å². The van der Waals surface area contributed by atoms with Gasteiger partial charge in [-0.15, -0.1) is 0 Å². The van der Waals surface area contributed by atoms with Crippen molar-refractivity contribution in [2.75, 3.05) is 18.0 Å². The lowest BCUT2D eigenvalue weighted by Gasteiger charge is -2.20. The number of anilines is 1. The van der Waals surface area contributed by atoms with Gasteiger partial charge in [-0.2, -0.15) is 0 Å². The molecule has 1 fully saturated rings. The van der Waals surface area contributed by atoms with Crippen LogP contribution in [0.3, 0.4) is 0 Å². The first-order valence-corrected chi connectivity index (χ1v) is 8.09. The lowest BCUT2D eigenvalue weighted by atomic mass is 10.1. The molecule has 0 unspecified atom stereocenters. The summed E-state index contributed by atoms with van der Waals surface area (Å²) in [5.41, 5.74) is 3.18. The van der Waals surface area contributed by atoms with Crippen molar-refractivity contribution in [3.63, 3.8) is 0 Å². The Balaban J connectivity index is 2.00. The van der Waals surface area contributed by atoms with Crippen molar-refractivity contribution in [3.05, 3.63) is 40.4 Å². The Bertz CT molecular complexity index is 714. The standard InChI is InChI=1S/C15H14N2O3S2/c1-2-16-10-6-4-3-5-9(10)7-11(16)13-14(20)17(8-12(18)19)15(21)22-13/h3-6H,2,7-8H2,1H3,(H,18,19)/b13-11+. The first-order valence-electron chi connectivity index (χ1n) is 6.87. The SMILES string of the molecule is CCN1/C(=C2/SC(=S)N(CC(=O)O)C2=O)Cc2ccccc21. The predicted octanol–water partition coefficient (Wildman–Crippen LogP) is 2.23. The van der Waals surface area contributed by atoms with Gasteiger partial charge in [-0.05, 0) is 18.6 Å². The zero-order valence-corrected chi connectivity index (χ0v) is 13.5. The van der Waals surface area contributed by atoms with Gasteiger partial charge in [0.15, 0.2) is 0 Å². The Hall–Kier alpha value is -1.86. The van der Waals surface area contributed by atoms with Crippen LogP contribution >= 0.6 is 24.0 Å². The van der Waals surface area contributed by atoms with Crippen LogP contribution < -0.4 is 4.90 Å². The van der Waals surface area contributed by atoms with Crippen molar-refractivity contribution in [1.82, 2.24) is 4.90 Å². The van der Waals surface area contributed by atoms with Crippen LogP contribution in [0, 0.1) is 0 Å². The number of amides is 1. The number of fused-ring (bicyclic) bond motifs is 1. The summed E-state index contributed by atoms with van der Waals surface area (Å²) in [5, 5.41) is 8.91. The number of carbonyl (C=O) groups is 2. The second-order valence-corrected chi connectivity index (χ2v) is 6.62. The van der Waals surface area contributed by atoms with Crippen molar-refractivity contribution < 1.29 is 14.7 Å². The van der Waals surface area contributed by atoms with Gasteiger partial charge in [0, 0.05) is 24.4 Å². The molecule has 0 aliphatic carbocycles. The fraction of sp³-hybridized carbons (Fsp3) is 0.267. The quantitative estimate of drug-likeness (QED) is 0.676. The smallest absolute Gasteiger partial charge is 0.323 e. The number of aliphatic carboxylic acids is 1. The highest BCUT2D eigenvalue weighted by molar-refractivity contribution is 8.26. The highest BCUT2D eigenvalue weighted by Crippen LogP contribution is 2.41. The second kappa shape index (κ2) is 5.73. The number of carboxylic acids is 1. The average molecular weight is 334 g/mol. The summed E-state index contributed by atoms with van der Waals surface area (Å²) in [6.07, 6.45) is 0.668. The van der Waals surface area contributed by atoms with Crippen LogP contribution in [0.5, 0.6) is 0 Å². The van der Waals surface area contributed by atoms with E-state index in [1.807, 2.05) is 31.2 Å². The predicted molar refractivity (Wildman–Crippen MR) is 89.7 cm³/mol. The Kier molecular flexibility index (Phi) is 3.92. The van der Waals surface area contributed by atoms with Crippen LogP contribution in [-0.2, 0) is 16.0 Å². The molecule has 2 aliphatic rings. The lowest BCUT2D eigenvalue weighted by Crippen LogP contribution is -2.34. The van der Waals surface area contributed by atoms with Gasteiger partial charge in [0.05, 0.1) is 4.91 Å². The molecule has 1 aromatic rings. The Morgan fingerprint density at radius 2 is 2.09 bits per heavy atom. The van der Waals surface area contributed by atoms with Crippen LogP contribution in [0.1, 0.15) is 12.5 Å². The summed E-state index contributed by atoms with van der Waals surface area (Å²) in [4.78, 5) is 27.2. The van der Waals surface area contributed by atoms with Crippen molar-refractivity contribution in [1.29, 1.82) is 0 Å². The topological polar surface area (TPSA) is 60.9 Å². The largest absolute Gasteiger partial charge is 0.480 e. The highest BCUT2D eigenvalue weighted by atomic mass is 32.2. The lowest BCUT2D eigenvalue weighted by molar-refractivity contribution is -0.140. The fourth-order valence-electron chi connectivity index (χ4n) is 2.75. The fourth-order valence-corrected chi connectivity index (χ4v) is 4.08. The van der Waals surface area contributed by atoms with Crippen molar-refractivity contribution >= 4 is 45.9 Å². The van der Waals surface area contributed by atoms with E-state index in [1.165, 1.54) is 17.3 Å². The molecule has 1 aromatic carbocycles. The van der Waals surface area contributed by atoms with E-state index in [-0.39, 0.29) is 12.5 Å². The number of likely N-dealkylation sites (N-methyl/N-ethyl adjacent to an activating group) is 1. The molecule has 2 heterocycles. The molecule has 0 saturated carbocycles. The van der Waals surface area contributed by atoms with Crippen molar-refractivity contribution in [2.24, 2.45) is 0 Å². The number of allylic oxidation sites excluding steroid dienone is 1. The van der Waals surface area contributed by atoms with Crippen molar-refractivity contribution in [2.45, 2.75) is 13.3 Å². The molecular weight excluding hydrogens is 320 g/mol. The van der Waals surface area contributed by atoms with E-state index in [9.17, 15) is 9.59 Å². The number of carboxylic acid groups (broad SMARTS) is 1. The number of thioether (sulfide) groups is 1. The molecule has 0 aromatic heterocycles. The molecular formula is C15H14N2O3S2. The maximum Gasteiger partial charge on any atom is 0.323 e.